The van der Waals surface area contributed by atoms with E-state index >= 15 is 0 Å². The fourth-order valence-electron chi connectivity index (χ4n) is 4.85. The van der Waals surface area contributed by atoms with E-state index in [2.05, 4.69) is 56.3 Å². The maximum absolute atomic E-state index is 12.2. The van der Waals surface area contributed by atoms with Crippen molar-refractivity contribution in [1.82, 2.24) is 25.1 Å². The van der Waals surface area contributed by atoms with E-state index in [1.54, 1.807) is 6.20 Å². The zero-order chi connectivity index (χ0) is 23.3. The number of hydrogen-bond donors (Lipinski definition) is 2. The highest BCUT2D eigenvalue weighted by Crippen LogP contribution is 2.53. The summed E-state index contributed by atoms with van der Waals surface area (Å²) in [6, 6.07) is 12.7. The Kier molecular flexibility index (Phi) is 5.26. The van der Waals surface area contributed by atoms with E-state index in [4.69, 9.17) is 0 Å². The lowest BCUT2D eigenvalue weighted by Crippen LogP contribution is -2.28. The van der Waals surface area contributed by atoms with Crippen LogP contribution in [-0.4, -0.2) is 53.9 Å². The molecule has 1 amide bonds. The summed E-state index contributed by atoms with van der Waals surface area (Å²) < 4.78 is 2.10. The van der Waals surface area contributed by atoms with Crippen LogP contribution in [0, 0.1) is 0 Å². The van der Waals surface area contributed by atoms with Crippen molar-refractivity contribution in [2.75, 3.05) is 12.4 Å². The van der Waals surface area contributed by atoms with Gasteiger partial charge in [-0.25, -0.2) is 0 Å². The number of aliphatic hydroxyl groups excluding tert-OH is 1. The molecule has 34 heavy (non-hydrogen) atoms. The van der Waals surface area contributed by atoms with E-state index in [0.29, 0.717) is 11.6 Å². The Morgan fingerprint density at radius 1 is 1.18 bits per heavy atom. The molecular weight excluding hydrogens is 446 g/mol. The molecular formula is C26H29N5O2S. The van der Waals surface area contributed by atoms with Crippen LogP contribution in [-0.2, 0) is 18.4 Å². The molecule has 176 valence electrons. The first-order valence-corrected chi connectivity index (χ1v) is 13.0. The molecule has 0 bridgehead atoms. The Balaban J connectivity index is 1.22. The van der Waals surface area contributed by atoms with Gasteiger partial charge in [0.25, 0.3) is 5.91 Å². The second-order valence-corrected chi connectivity index (χ2v) is 11.7. The number of carbonyl (C=O) groups is 1. The number of fused-ring (bicyclic) bond motifs is 1. The van der Waals surface area contributed by atoms with E-state index in [9.17, 15) is 9.90 Å². The lowest BCUT2D eigenvalue weighted by molar-refractivity contribution is 0.0950. The minimum Gasteiger partial charge on any atom is -0.395 e. The van der Waals surface area contributed by atoms with E-state index in [1.165, 1.54) is 5.56 Å². The number of hydrogen-bond acceptors (Lipinski definition) is 6. The first kappa shape index (κ1) is 21.8. The molecule has 2 N–H and O–H groups in total. The summed E-state index contributed by atoms with van der Waals surface area (Å²) in [5, 5.41) is 22.1. The topological polar surface area (TPSA) is 92.9 Å². The number of nitrogens with one attached hydrogen (secondary N) is 1. The van der Waals surface area contributed by atoms with Gasteiger partial charge in [0.15, 0.2) is 0 Å². The van der Waals surface area contributed by atoms with Crippen LogP contribution in [0.2, 0.25) is 0 Å². The van der Waals surface area contributed by atoms with Crippen molar-refractivity contribution in [2.45, 2.75) is 61.8 Å². The number of thioether (sulfide) groups is 1. The Labute approximate surface area is 203 Å². The standard InChI is InChI=1S/C26H29N5O2S/c1-25(16-32)14-22-29-30-24(31(22)12-13-34-25)26(10-11-26)19-5-2-17(3-6-19)21-9-4-18(15-27-21)23(33)28-20-7-8-20/h2-6,9,15,20,32H,7-8,10-14,16H2,1H3,(H,28,33). The summed E-state index contributed by atoms with van der Waals surface area (Å²) in [4.78, 5) is 16.8. The summed E-state index contributed by atoms with van der Waals surface area (Å²) in [6.07, 6.45) is 6.67. The fourth-order valence-corrected chi connectivity index (χ4v) is 5.94. The second-order valence-electron chi connectivity index (χ2n) is 10.1. The van der Waals surface area contributed by atoms with Crippen molar-refractivity contribution in [3.63, 3.8) is 0 Å². The zero-order valence-corrected chi connectivity index (χ0v) is 20.1. The smallest absolute Gasteiger partial charge is 0.253 e. The van der Waals surface area contributed by atoms with Gasteiger partial charge in [-0.3, -0.25) is 9.78 Å². The molecule has 8 heteroatoms. The Morgan fingerprint density at radius 2 is 1.97 bits per heavy atom. The van der Waals surface area contributed by atoms with E-state index < -0.39 is 0 Å². The summed E-state index contributed by atoms with van der Waals surface area (Å²) in [5.41, 5.74) is 3.67. The van der Waals surface area contributed by atoms with Gasteiger partial charge in [0.1, 0.15) is 11.6 Å². The number of rotatable bonds is 6. The maximum atomic E-state index is 12.2. The molecule has 1 atom stereocenters. The maximum Gasteiger partial charge on any atom is 0.253 e. The van der Waals surface area contributed by atoms with Gasteiger partial charge in [-0.1, -0.05) is 24.3 Å². The molecule has 2 aromatic heterocycles. The molecule has 1 aromatic carbocycles. The van der Waals surface area contributed by atoms with Crippen molar-refractivity contribution < 1.29 is 9.90 Å². The average Bonchev–Trinajstić information content (AvgIpc) is 3.79. The number of aliphatic hydroxyl groups is 1. The average molecular weight is 476 g/mol. The summed E-state index contributed by atoms with van der Waals surface area (Å²) >= 11 is 1.82. The van der Waals surface area contributed by atoms with Crippen LogP contribution in [0.3, 0.4) is 0 Å². The monoisotopic (exact) mass is 475 g/mol. The SMILES string of the molecule is CC1(CO)Cc2nnc(C3(c4ccc(-c5ccc(C(=O)NC6CC6)cn5)cc4)CC3)n2CCS1. The van der Waals surface area contributed by atoms with Gasteiger partial charge in [-0.15, -0.1) is 10.2 Å². The molecule has 3 aromatic rings. The summed E-state index contributed by atoms with van der Waals surface area (Å²) in [7, 11) is 0. The Hall–Kier alpha value is -2.71. The predicted octanol–water partition coefficient (Wildman–Crippen LogP) is 3.35. The molecule has 2 aliphatic carbocycles. The van der Waals surface area contributed by atoms with Crippen molar-refractivity contribution in [1.29, 1.82) is 0 Å². The van der Waals surface area contributed by atoms with Gasteiger partial charge in [0.05, 0.1) is 23.3 Å². The molecule has 7 nitrogen and oxygen atoms in total. The number of carbonyl (C=O) groups excluding carboxylic acids is 1. The number of pyridine rings is 1. The van der Waals surface area contributed by atoms with Crippen LogP contribution in [0.4, 0.5) is 0 Å². The summed E-state index contributed by atoms with van der Waals surface area (Å²) in [5.74, 6) is 2.94. The van der Waals surface area contributed by atoms with E-state index in [0.717, 1.165) is 67.3 Å². The van der Waals surface area contributed by atoms with Gasteiger partial charge in [-0.05, 0) is 50.3 Å². The van der Waals surface area contributed by atoms with Gasteiger partial charge >= 0.3 is 0 Å². The van der Waals surface area contributed by atoms with Crippen LogP contribution in [0.25, 0.3) is 11.3 Å². The molecule has 0 saturated heterocycles. The molecule has 1 unspecified atom stereocenters. The van der Waals surface area contributed by atoms with Gasteiger partial charge in [0, 0.05) is 41.3 Å². The Morgan fingerprint density at radius 3 is 2.62 bits per heavy atom. The molecule has 1 aliphatic heterocycles. The highest BCUT2D eigenvalue weighted by Gasteiger charge is 2.50. The quantitative estimate of drug-likeness (QED) is 0.568. The molecule has 2 saturated carbocycles. The van der Waals surface area contributed by atoms with E-state index in [-0.39, 0.29) is 22.7 Å². The second kappa shape index (κ2) is 8.20. The lowest BCUT2D eigenvalue weighted by atomic mass is 9.93. The third kappa shape index (κ3) is 3.92. The minimum absolute atomic E-state index is 0.0438. The third-order valence-corrected chi connectivity index (χ3v) is 8.67. The van der Waals surface area contributed by atoms with Gasteiger partial charge in [0.2, 0.25) is 0 Å². The van der Waals surface area contributed by atoms with Crippen LogP contribution >= 0.6 is 11.8 Å². The minimum atomic E-state index is -0.196. The highest BCUT2D eigenvalue weighted by molar-refractivity contribution is 8.00. The van der Waals surface area contributed by atoms with Crippen LogP contribution in [0.15, 0.2) is 42.6 Å². The normalized spacial score (nSPS) is 23.1. The predicted molar refractivity (Wildman–Crippen MR) is 132 cm³/mol. The van der Waals surface area contributed by atoms with Crippen molar-refractivity contribution in [2.24, 2.45) is 0 Å². The Bertz CT molecular complexity index is 1210. The van der Waals surface area contributed by atoms with Crippen LogP contribution in [0.5, 0.6) is 0 Å². The van der Waals surface area contributed by atoms with Gasteiger partial charge in [-0.2, -0.15) is 11.8 Å². The lowest BCUT2D eigenvalue weighted by Gasteiger charge is -2.23. The van der Waals surface area contributed by atoms with Crippen molar-refractivity contribution in [3.8, 4) is 11.3 Å². The number of amides is 1. The molecule has 3 heterocycles. The van der Waals surface area contributed by atoms with Crippen LogP contribution in [0.1, 0.15) is 60.2 Å². The van der Waals surface area contributed by atoms with Crippen molar-refractivity contribution >= 4 is 17.7 Å². The third-order valence-electron chi connectivity index (χ3n) is 7.31. The molecule has 2 fully saturated rings. The molecule has 3 aliphatic rings. The van der Waals surface area contributed by atoms with Gasteiger partial charge < -0.3 is 15.0 Å². The first-order chi connectivity index (χ1) is 16.5. The first-order valence-electron chi connectivity index (χ1n) is 12.0. The number of aromatic nitrogens is 4. The van der Waals surface area contributed by atoms with Crippen molar-refractivity contribution in [3.05, 3.63) is 65.4 Å². The highest BCUT2D eigenvalue weighted by atomic mass is 32.2. The fraction of sp³-hybridized carbons (Fsp3) is 0.462. The summed E-state index contributed by atoms with van der Waals surface area (Å²) in [6.45, 7) is 3.13. The van der Waals surface area contributed by atoms with Crippen LogP contribution < -0.4 is 5.32 Å². The molecule has 0 radical (unpaired) electrons. The zero-order valence-electron chi connectivity index (χ0n) is 19.3. The number of nitrogens with zero attached hydrogens (tertiary/aromatic N) is 4. The largest absolute Gasteiger partial charge is 0.395 e. The number of benzene rings is 1. The molecule has 0 spiro atoms. The molecule has 6 rings (SSSR count). The van der Waals surface area contributed by atoms with E-state index in [1.807, 2.05) is 23.9 Å².